The summed E-state index contributed by atoms with van der Waals surface area (Å²) in [5.74, 6) is -0.158. The largest absolute Gasteiger partial charge is 0.460 e. The molecule has 0 saturated carbocycles. The fourth-order valence-electron chi connectivity index (χ4n) is 1.63. The van der Waals surface area contributed by atoms with E-state index in [0.29, 0.717) is 12.8 Å². The maximum Gasteiger partial charge on any atom is 0.306 e. The monoisotopic (exact) mass is 216 g/mol. The molecule has 0 aromatic rings. The zero-order valence-electron chi connectivity index (χ0n) is 10.4. The minimum atomic E-state index is -0.558. The minimum absolute atomic E-state index is 0.158. The third kappa shape index (κ3) is 8.43. The Morgan fingerprint density at radius 2 is 2.00 bits per heavy atom. The molecule has 1 N–H and O–H groups in total. The van der Waals surface area contributed by atoms with Crippen LogP contribution in [0.3, 0.4) is 0 Å². The van der Waals surface area contributed by atoms with Crippen LogP contribution in [0, 0.1) is 0 Å². The van der Waals surface area contributed by atoms with Gasteiger partial charge in [-0.3, -0.25) is 4.79 Å². The number of hydrogen-bond donors (Lipinski definition) is 1. The van der Waals surface area contributed by atoms with Crippen LogP contribution in [0.5, 0.6) is 0 Å². The summed E-state index contributed by atoms with van der Waals surface area (Å²) < 4.78 is 5.30. The van der Waals surface area contributed by atoms with Crippen molar-refractivity contribution in [1.29, 1.82) is 0 Å². The highest BCUT2D eigenvalue weighted by atomic mass is 16.6. The molecule has 0 aromatic carbocycles. The molecule has 0 aliphatic carbocycles. The zero-order chi connectivity index (χ0) is 11.9. The van der Waals surface area contributed by atoms with Crippen molar-refractivity contribution in [3.8, 4) is 0 Å². The van der Waals surface area contributed by atoms with Gasteiger partial charge in [0.05, 0.1) is 6.10 Å². The van der Waals surface area contributed by atoms with Crippen molar-refractivity contribution in [2.45, 2.75) is 71.5 Å². The maximum absolute atomic E-state index is 11.4. The Bertz CT molecular complexity index is 185. The van der Waals surface area contributed by atoms with Gasteiger partial charge in [0.1, 0.15) is 5.60 Å². The highest BCUT2D eigenvalue weighted by Gasteiger charge is 2.24. The normalized spacial score (nSPS) is 13.7. The van der Waals surface area contributed by atoms with Gasteiger partial charge >= 0.3 is 5.97 Å². The molecule has 90 valence electrons. The van der Waals surface area contributed by atoms with Gasteiger partial charge in [0.2, 0.25) is 0 Å². The lowest BCUT2D eigenvalue weighted by Gasteiger charge is -2.26. The molecule has 0 aromatic heterocycles. The average molecular weight is 216 g/mol. The van der Waals surface area contributed by atoms with Crippen LogP contribution in [0.25, 0.3) is 0 Å². The molecule has 0 radical (unpaired) electrons. The smallest absolute Gasteiger partial charge is 0.306 e. The number of aliphatic hydroxyl groups is 1. The molecule has 3 heteroatoms. The molecule has 0 saturated heterocycles. The Morgan fingerprint density at radius 3 is 2.47 bits per heavy atom. The first-order valence-electron chi connectivity index (χ1n) is 5.77. The van der Waals surface area contributed by atoms with Crippen LogP contribution < -0.4 is 0 Å². The van der Waals surface area contributed by atoms with Crippen molar-refractivity contribution in [1.82, 2.24) is 0 Å². The molecule has 1 atom stereocenters. The van der Waals surface area contributed by atoms with Gasteiger partial charge in [0.25, 0.3) is 0 Å². The standard InChI is InChI=1S/C12H24O3/c1-5-6-7-8-11(14)15-12(3,4)9-10(2)13/h10,13H,5-9H2,1-4H3. The molecule has 0 aliphatic heterocycles. The first-order valence-corrected chi connectivity index (χ1v) is 5.77. The fraction of sp³-hybridized carbons (Fsp3) is 0.917. The lowest BCUT2D eigenvalue weighted by molar-refractivity contribution is -0.158. The van der Waals surface area contributed by atoms with Gasteiger partial charge in [-0.1, -0.05) is 19.8 Å². The molecule has 0 rings (SSSR count). The SMILES string of the molecule is CCCCCC(=O)OC(C)(C)CC(C)O. The van der Waals surface area contributed by atoms with Crippen LogP contribution in [-0.4, -0.2) is 22.8 Å². The molecule has 15 heavy (non-hydrogen) atoms. The quantitative estimate of drug-likeness (QED) is 0.525. The van der Waals surface area contributed by atoms with Gasteiger partial charge in [0.15, 0.2) is 0 Å². The Labute approximate surface area is 92.8 Å². The lowest BCUT2D eigenvalue weighted by Crippen LogP contribution is -2.31. The van der Waals surface area contributed by atoms with Crippen molar-refractivity contribution in [2.24, 2.45) is 0 Å². The maximum atomic E-state index is 11.4. The third-order valence-electron chi connectivity index (χ3n) is 2.16. The Morgan fingerprint density at radius 1 is 1.40 bits per heavy atom. The topological polar surface area (TPSA) is 46.5 Å². The second kappa shape index (κ2) is 6.83. The highest BCUT2D eigenvalue weighted by molar-refractivity contribution is 5.69. The van der Waals surface area contributed by atoms with Gasteiger partial charge in [-0.15, -0.1) is 0 Å². The van der Waals surface area contributed by atoms with E-state index in [-0.39, 0.29) is 5.97 Å². The van der Waals surface area contributed by atoms with E-state index in [4.69, 9.17) is 4.74 Å². The number of ether oxygens (including phenoxy) is 1. The summed E-state index contributed by atoms with van der Waals surface area (Å²) in [5, 5.41) is 9.22. The van der Waals surface area contributed by atoms with E-state index in [9.17, 15) is 9.90 Å². The Kier molecular flexibility index (Phi) is 6.57. The van der Waals surface area contributed by atoms with E-state index in [0.717, 1.165) is 19.3 Å². The molecule has 0 fully saturated rings. The van der Waals surface area contributed by atoms with Gasteiger partial charge in [-0.25, -0.2) is 0 Å². The van der Waals surface area contributed by atoms with Gasteiger partial charge in [0, 0.05) is 12.8 Å². The summed E-state index contributed by atoms with van der Waals surface area (Å²) in [7, 11) is 0. The van der Waals surface area contributed by atoms with E-state index in [2.05, 4.69) is 6.92 Å². The molecule has 0 heterocycles. The highest BCUT2D eigenvalue weighted by Crippen LogP contribution is 2.18. The summed E-state index contributed by atoms with van der Waals surface area (Å²) in [6.07, 6.45) is 3.57. The van der Waals surface area contributed by atoms with Crippen molar-refractivity contribution >= 4 is 5.97 Å². The summed E-state index contributed by atoms with van der Waals surface area (Å²) >= 11 is 0. The van der Waals surface area contributed by atoms with E-state index in [1.165, 1.54) is 0 Å². The van der Waals surface area contributed by atoms with Gasteiger partial charge < -0.3 is 9.84 Å². The van der Waals surface area contributed by atoms with Crippen molar-refractivity contribution in [3.05, 3.63) is 0 Å². The molecule has 0 bridgehead atoms. The second-order valence-corrected chi connectivity index (χ2v) is 4.74. The van der Waals surface area contributed by atoms with Crippen LogP contribution in [0.4, 0.5) is 0 Å². The van der Waals surface area contributed by atoms with E-state index in [1.807, 2.05) is 13.8 Å². The van der Waals surface area contributed by atoms with Crippen LogP contribution >= 0.6 is 0 Å². The first kappa shape index (κ1) is 14.4. The summed E-state index contributed by atoms with van der Waals surface area (Å²) in [4.78, 5) is 11.4. The number of carbonyl (C=O) groups excluding carboxylic acids is 1. The number of hydrogen-bond acceptors (Lipinski definition) is 3. The summed E-state index contributed by atoms with van der Waals surface area (Å²) in [5.41, 5.74) is -0.558. The Balaban J connectivity index is 3.83. The Hall–Kier alpha value is -0.570. The van der Waals surface area contributed by atoms with E-state index >= 15 is 0 Å². The van der Waals surface area contributed by atoms with Crippen LogP contribution in [0.2, 0.25) is 0 Å². The summed E-state index contributed by atoms with van der Waals surface area (Å²) in [6, 6.07) is 0. The number of aliphatic hydroxyl groups excluding tert-OH is 1. The van der Waals surface area contributed by atoms with Gasteiger partial charge in [-0.2, -0.15) is 0 Å². The molecule has 0 amide bonds. The van der Waals surface area contributed by atoms with Crippen molar-refractivity contribution in [3.63, 3.8) is 0 Å². The molecule has 0 aliphatic rings. The van der Waals surface area contributed by atoms with Crippen LogP contribution in [-0.2, 0) is 9.53 Å². The predicted molar refractivity (Wildman–Crippen MR) is 60.6 cm³/mol. The first-order chi connectivity index (χ1) is 6.87. The number of rotatable bonds is 7. The van der Waals surface area contributed by atoms with Crippen molar-refractivity contribution < 1.29 is 14.6 Å². The number of esters is 1. The summed E-state index contributed by atoms with van der Waals surface area (Å²) in [6.45, 7) is 7.46. The number of carbonyl (C=O) groups is 1. The van der Waals surface area contributed by atoms with Crippen LogP contribution in [0.1, 0.15) is 59.8 Å². The lowest BCUT2D eigenvalue weighted by atomic mass is 10.0. The molecule has 3 nitrogen and oxygen atoms in total. The predicted octanol–water partition coefficient (Wildman–Crippen LogP) is 2.66. The van der Waals surface area contributed by atoms with Gasteiger partial charge in [-0.05, 0) is 27.2 Å². The molecule has 1 unspecified atom stereocenters. The zero-order valence-corrected chi connectivity index (χ0v) is 10.4. The van der Waals surface area contributed by atoms with Crippen LogP contribution in [0.15, 0.2) is 0 Å². The van der Waals surface area contributed by atoms with E-state index < -0.39 is 11.7 Å². The fourth-order valence-corrected chi connectivity index (χ4v) is 1.63. The molecule has 0 spiro atoms. The third-order valence-corrected chi connectivity index (χ3v) is 2.16. The van der Waals surface area contributed by atoms with E-state index in [1.54, 1.807) is 6.92 Å². The second-order valence-electron chi connectivity index (χ2n) is 4.74. The molecular weight excluding hydrogens is 192 g/mol. The van der Waals surface area contributed by atoms with Crippen molar-refractivity contribution in [2.75, 3.05) is 0 Å². The average Bonchev–Trinajstić information content (AvgIpc) is 2.00. The molecular formula is C12H24O3. The minimum Gasteiger partial charge on any atom is -0.460 e. The number of unbranched alkanes of at least 4 members (excludes halogenated alkanes) is 2.